The van der Waals surface area contributed by atoms with Crippen LogP contribution in [0.5, 0.6) is 0 Å². The first-order valence-electron chi connectivity index (χ1n) is 8.06. The van der Waals surface area contributed by atoms with Crippen LogP contribution in [0.1, 0.15) is 42.9 Å². The second-order valence-electron chi connectivity index (χ2n) is 5.68. The Morgan fingerprint density at radius 3 is 2.60 bits per heavy atom. The molecule has 1 rings (SSSR count). The van der Waals surface area contributed by atoms with Gasteiger partial charge >= 0.3 is 12.1 Å². The summed E-state index contributed by atoms with van der Waals surface area (Å²) in [5.74, 6) is -2.02. The minimum absolute atomic E-state index is 0.00919. The number of aliphatic hydroxyl groups excluding tert-OH is 1. The molecule has 2 amide bonds. The first-order chi connectivity index (χ1) is 11.7. The van der Waals surface area contributed by atoms with Crippen molar-refractivity contribution in [2.75, 3.05) is 13.6 Å². The monoisotopic (exact) mass is 360 g/mol. The fourth-order valence-electron chi connectivity index (χ4n) is 2.28. The fourth-order valence-corrected chi connectivity index (χ4v) is 2.28. The van der Waals surface area contributed by atoms with Gasteiger partial charge in [-0.25, -0.2) is 0 Å². The molecular formula is C17H23F3N2O3. The third-order valence-corrected chi connectivity index (χ3v) is 3.69. The van der Waals surface area contributed by atoms with E-state index in [1.165, 1.54) is 0 Å². The lowest BCUT2D eigenvalue weighted by molar-refractivity contribution is -0.173. The number of carbonyl (C=O) groups is 2. The molecule has 25 heavy (non-hydrogen) atoms. The van der Waals surface area contributed by atoms with Gasteiger partial charge in [-0.3, -0.25) is 9.59 Å². The van der Waals surface area contributed by atoms with Gasteiger partial charge in [0.2, 0.25) is 5.91 Å². The third-order valence-electron chi connectivity index (χ3n) is 3.69. The van der Waals surface area contributed by atoms with Gasteiger partial charge in [0.05, 0.1) is 6.10 Å². The number of rotatable bonds is 9. The maximum atomic E-state index is 12.1. The lowest BCUT2D eigenvalue weighted by Gasteiger charge is -2.13. The van der Waals surface area contributed by atoms with Gasteiger partial charge in [0.1, 0.15) is 0 Å². The number of aliphatic hydroxyl groups is 1. The van der Waals surface area contributed by atoms with E-state index in [1.807, 2.05) is 6.07 Å². The standard InChI is InChI=1S/C17H23F3N2O3/c1-21-15(24)8-3-2-5-12-6-4-7-13(11-12)14(23)9-10-22-16(25)17(18,19)20/h4,6-7,11,14,23H,2-3,5,8-10H2,1H3,(H,21,24)(H,22,25). The smallest absolute Gasteiger partial charge is 0.388 e. The molecule has 0 bridgehead atoms. The van der Waals surface area contributed by atoms with Crippen LogP contribution < -0.4 is 10.6 Å². The molecule has 0 fully saturated rings. The van der Waals surface area contributed by atoms with Crippen LogP contribution in [-0.2, 0) is 16.0 Å². The van der Waals surface area contributed by atoms with E-state index in [9.17, 15) is 27.9 Å². The second kappa shape index (κ2) is 10.0. The molecule has 1 unspecified atom stereocenters. The Morgan fingerprint density at radius 2 is 1.96 bits per heavy atom. The molecule has 1 aromatic carbocycles. The number of amides is 2. The molecular weight excluding hydrogens is 337 g/mol. The van der Waals surface area contributed by atoms with Gasteiger partial charge in [0, 0.05) is 20.0 Å². The molecule has 0 saturated heterocycles. The van der Waals surface area contributed by atoms with Crippen LogP contribution in [0.4, 0.5) is 13.2 Å². The number of aryl methyl sites for hydroxylation is 1. The normalized spacial score (nSPS) is 12.5. The molecule has 140 valence electrons. The van der Waals surface area contributed by atoms with Crippen LogP contribution in [0.3, 0.4) is 0 Å². The molecule has 8 heteroatoms. The average molecular weight is 360 g/mol. The van der Waals surface area contributed by atoms with Crippen molar-refractivity contribution in [3.63, 3.8) is 0 Å². The SMILES string of the molecule is CNC(=O)CCCCc1cccc(C(O)CCNC(=O)C(F)(F)F)c1. The molecule has 0 aliphatic carbocycles. The largest absolute Gasteiger partial charge is 0.471 e. The highest BCUT2D eigenvalue weighted by molar-refractivity contribution is 5.81. The molecule has 1 atom stereocenters. The van der Waals surface area contributed by atoms with Gasteiger partial charge in [-0.1, -0.05) is 24.3 Å². The Labute approximate surface area is 144 Å². The maximum Gasteiger partial charge on any atom is 0.471 e. The van der Waals surface area contributed by atoms with Crippen molar-refractivity contribution in [2.24, 2.45) is 0 Å². The lowest BCUT2D eigenvalue weighted by atomic mass is 10.0. The topological polar surface area (TPSA) is 78.4 Å². The van der Waals surface area contributed by atoms with Crippen LogP contribution >= 0.6 is 0 Å². The summed E-state index contributed by atoms with van der Waals surface area (Å²) < 4.78 is 36.2. The summed E-state index contributed by atoms with van der Waals surface area (Å²) in [4.78, 5) is 21.8. The molecule has 0 aromatic heterocycles. The van der Waals surface area contributed by atoms with E-state index < -0.39 is 18.2 Å². The van der Waals surface area contributed by atoms with E-state index in [2.05, 4.69) is 5.32 Å². The zero-order chi connectivity index (χ0) is 18.9. The van der Waals surface area contributed by atoms with Crippen molar-refractivity contribution in [3.05, 3.63) is 35.4 Å². The van der Waals surface area contributed by atoms with E-state index in [0.29, 0.717) is 12.0 Å². The summed E-state index contributed by atoms with van der Waals surface area (Å²) >= 11 is 0. The Bertz CT molecular complexity index is 577. The quantitative estimate of drug-likeness (QED) is 0.591. The van der Waals surface area contributed by atoms with Crippen molar-refractivity contribution in [1.29, 1.82) is 0 Å². The number of nitrogens with one attached hydrogen (secondary N) is 2. The third kappa shape index (κ3) is 8.02. The van der Waals surface area contributed by atoms with E-state index >= 15 is 0 Å². The molecule has 0 saturated carbocycles. The summed E-state index contributed by atoms with van der Waals surface area (Å²) in [5.41, 5.74) is 1.57. The Hall–Kier alpha value is -2.09. The highest BCUT2D eigenvalue weighted by Gasteiger charge is 2.38. The van der Waals surface area contributed by atoms with Gasteiger partial charge in [-0.15, -0.1) is 0 Å². The molecule has 0 spiro atoms. The fraction of sp³-hybridized carbons (Fsp3) is 0.529. The van der Waals surface area contributed by atoms with Crippen LogP contribution in [0.15, 0.2) is 24.3 Å². The first-order valence-corrected chi connectivity index (χ1v) is 8.06. The van der Waals surface area contributed by atoms with Gasteiger partial charge in [-0.2, -0.15) is 13.2 Å². The Morgan fingerprint density at radius 1 is 1.24 bits per heavy atom. The van der Waals surface area contributed by atoms with E-state index in [4.69, 9.17) is 0 Å². The van der Waals surface area contributed by atoms with Crippen LogP contribution in [-0.4, -0.2) is 36.7 Å². The van der Waals surface area contributed by atoms with Crippen molar-refractivity contribution >= 4 is 11.8 Å². The highest BCUT2D eigenvalue weighted by Crippen LogP contribution is 2.19. The molecule has 0 radical (unpaired) electrons. The van der Waals surface area contributed by atoms with Crippen LogP contribution in [0, 0.1) is 0 Å². The zero-order valence-electron chi connectivity index (χ0n) is 14.0. The van der Waals surface area contributed by atoms with Crippen molar-refractivity contribution in [3.8, 4) is 0 Å². The van der Waals surface area contributed by atoms with Gasteiger partial charge in [-0.05, 0) is 36.8 Å². The Kier molecular flexibility index (Phi) is 8.40. The number of halogens is 3. The van der Waals surface area contributed by atoms with Crippen LogP contribution in [0.25, 0.3) is 0 Å². The van der Waals surface area contributed by atoms with Gasteiger partial charge in [0.15, 0.2) is 0 Å². The Balaban J connectivity index is 2.42. The van der Waals surface area contributed by atoms with Gasteiger partial charge < -0.3 is 15.7 Å². The number of hydrogen-bond acceptors (Lipinski definition) is 3. The summed E-state index contributed by atoms with van der Waals surface area (Å²) in [7, 11) is 1.59. The maximum absolute atomic E-state index is 12.1. The van der Waals surface area contributed by atoms with Gasteiger partial charge in [0.25, 0.3) is 0 Å². The summed E-state index contributed by atoms with van der Waals surface area (Å²) in [6, 6.07) is 7.13. The molecule has 3 N–H and O–H groups in total. The van der Waals surface area contributed by atoms with Crippen molar-refractivity contribution in [2.45, 2.75) is 44.4 Å². The molecule has 5 nitrogen and oxygen atoms in total. The predicted octanol–water partition coefficient (Wildman–Crippen LogP) is 2.25. The summed E-state index contributed by atoms with van der Waals surface area (Å²) in [5, 5.41) is 14.3. The number of unbranched alkanes of at least 4 members (excludes halogenated alkanes) is 1. The second-order valence-corrected chi connectivity index (χ2v) is 5.68. The van der Waals surface area contributed by atoms with Crippen molar-refractivity contribution in [1.82, 2.24) is 10.6 Å². The molecule has 0 aliphatic rings. The minimum atomic E-state index is -4.92. The summed E-state index contributed by atoms with van der Waals surface area (Å²) in [6.45, 7) is -0.268. The highest BCUT2D eigenvalue weighted by atomic mass is 19.4. The molecule has 1 aromatic rings. The average Bonchev–Trinajstić information content (AvgIpc) is 2.57. The predicted molar refractivity (Wildman–Crippen MR) is 86.7 cm³/mol. The van der Waals surface area contributed by atoms with E-state index in [1.54, 1.807) is 30.6 Å². The number of carbonyl (C=O) groups excluding carboxylic acids is 2. The zero-order valence-corrected chi connectivity index (χ0v) is 14.0. The van der Waals surface area contributed by atoms with Crippen LogP contribution in [0.2, 0.25) is 0 Å². The van der Waals surface area contributed by atoms with Crippen molar-refractivity contribution < 1.29 is 27.9 Å². The lowest BCUT2D eigenvalue weighted by Crippen LogP contribution is -2.37. The number of alkyl halides is 3. The first kappa shape index (κ1) is 21.0. The summed E-state index contributed by atoms with van der Waals surface area (Å²) in [6.07, 6.45) is -3.13. The molecule has 0 aliphatic heterocycles. The van der Waals surface area contributed by atoms with E-state index in [-0.39, 0.29) is 18.9 Å². The minimum Gasteiger partial charge on any atom is -0.388 e. The number of hydrogen-bond donors (Lipinski definition) is 3. The van der Waals surface area contributed by atoms with E-state index in [0.717, 1.165) is 24.8 Å². The number of benzene rings is 1. The molecule has 0 heterocycles.